The van der Waals surface area contributed by atoms with Crippen LogP contribution in [0.2, 0.25) is 0 Å². The molecule has 0 aliphatic heterocycles. The minimum absolute atomic E-state index is 0.0433. The summed E-state index contributed by atoms with van der Waals surface area (Å²) in [5.74, 6) is -6.93. The Morgan fingerprint density at radius 1 is 1.05 bits per heavy atom. The van der Waals surface area contributed by atoms with Crippen LogP contribution in [0.1, 0.15) is 110 Å². The van der Waals surface area contributed by atoms with Gasteiger partial charge < -0.3 is 15.7 Å². The van der Waals surface area contributed by atoms with Crippen LogP contribution >= 0.6 is 0 Å². The Labute approximate surface area is 243 Å². The third kappa shape index (κ3) is 6.50. The molecule has 0 bridgehead atoms. The number of aliphatic hydroxyl groups excluding tert-OH is 1. The van der Waals surface area contributed by atoms with E-state index in [4.69, 9.17) is 4.98 Å². The molecule has 3 aromatic rings. The summed E-state index contributed by atoms with van der Waals surface area (Å²) in [6.07, 6.45) is 3.06. The molecule has 2 amide bonds. The highest BCUT2D eigenvalue weighted by Gasteiger charge is 2.46. The second-order valence-electron chi connectivity index (χ2n) is 12.3. The zero-order valence-electron chi connectivity index (χ0n) is 23.5. The number of nitrogens with one attached hydrogen (secondary N) is 2. The van der Waals surface area contributed by atoms with Gasteiger partial charge in [0.15, 0.2) is 11.3 Å². The fraction of sp³-hybridized carbons (Fsp3) is 0.643. The summed E-state index contributed by atoms with van der Waals surface area (Å²) in [6.45, 7) is 1.41. The average Bonchev–Trinajstić information content (AvgIpc) is 3.47. The lowest BCUT2D eigenvalue weighted by atomic mass is 9.79. The zero-order chi connectivity index (χ0) is 30.5. The Morgan fingerprint density at radius 3 is 2.40 bits per heavy atom. The van der Waals surface area contributed by atoms with Crippen LogP contribution < -0.4 is 10.6 Å². The highest BCUT2D eigenvalue weighted by Crippen LogP contribution is 2.45. The number of hydrogen-bond donors (Lipinski definition) is 3. The van der Waals surface area contributed by atoms with Crippen LogP contribution in [0.25, 0.3) is 5.65 Å². The van der Waals surface area contributed by atoms with Gasteiger partial charge in [0.25, 0.3) is 5.91 Å². The number of carbonyl (C=O) groups excluding carboxylic acids is 2. The maximum atomic E-state index is 14.0. The molecule has 43 heavy (non-hydrogen) atoms. The van der Waals surface area contributed by atoms with Crippen molar-refractivity contribution < 1.29 is 36.9 Å². The van der Waals surface area contributed by atoms with Crippen molar-refractivity contribution in [3.8, 4) is 0 Å². The Kier molecular flexibility index (Phi) is 7.63. The third-order valence-electron chi connectivity index (χ3n) is 8.74. The highest BCUT2D eigenvalue weighted by atomic mass is 19.3. The second-order valence-corrected chi connectivity index (χ2v) is 12.3. The Morgan fingerprint density at radius 2 is 1.74 bits per heavy atom. The third-order valence-corrected chi connectivity index (χ3v) is 8.74. The number of alkyl halides is 4. The minimum Gasteiger partial charge on any atom is -0.387 e. The van der Waals surface area contributed by atoms with Gasteiger partial charge in [0.2, 0.25) is 17.8 Å². The number of amides is 2. The molecule has 6 rings (SSSR count). The first kappa shape index (κ1) is 29.5. The van der Waals surface area contributed by atoms with Crippen LogP contribution in [0.5, 0.6) is 0 Å². The summed E-state index contributed by atoms with van der Waals surface area (Å²) in [7, 11) is 0. The predicted octanol–water partition coefficient (Wildman–Crippen LogP) is 4.46. The molecule has 232 valence electrons. The van der Waals surface area contributed by atoms with E-state index in [9.17, 15) is 32.3 Å². The van der Waals surface area contributed by atoms with Gasteiger partial charge in [-0.15, -0.1) is 0 Å². The SMILES string of the molecule is C[C@@H](O)c1nonc1C(=O)N[C@H](c1cn2ncc([C@H](NC(=O)CC3CC(F)(F)C3)C3CC3)cc2n1)C1CCC(F)(F)CC1. The largest absolute Gasteiger partial charge is 0.387 e. The van der Waals surface area contributed by atoms with E-state index in [1.54, 1.807) is 18.5 Å². The van der Waals surface area contributed by atoms with Crippen molar-refractivity contribution >= 4 is 17.5 Å². The number of halogens is 4. The van der Waals surface area contributed by atoms with Crippen LogP contribution in [0, 0.1) is 17.8 Å². The number of imidazole rings is 1. The Bertz CT molecular complexity index is 1490. The number of aromatic nitrogens is 5. The summed E-state index contributed by atoms with van der Waals surface area (Å²) < 4.78 is 60.6. The lowest BCUT2D eigenvalue weighted by molar-refractivity contribution is -0.134. The quantitative estimate of drug-likeness (QED) is 0.286. The maximum Gasteiger partial charge on any atom is 0.276 e. The van der Waals surface area contributed by atoms with Crippen LogP contribution in [-0.4, -0.2) is 53.7 Å². The lowest BCUT2D eigenvalue weighted by Crippen LogP contribution is -2.39. The van der Waals surface area contributed by atoms with Gasteiger partial charge in [-0.05, 0) is 67.1 Å². The van der Waals surface area contributed by atoms with Gasteiger partial charge in [0.05, 0.1) is 36.3 Å². The fourth-order valence-electron chi connectivity index (χ4n) is 6.22. The summed E-state index contributed by atoms with van der Waals surface area (Å²) in [5.41, 5.74) is 1.29. The summed E-state index contributed by atoms with van der Waals surface area (Å²) in [5, 5.41) is 27.5. The van der Waals surface area contributed by atoms with E-state index < -0.39 is 29.9 Å². The first-order valence-corrected chi connectivity index (χ1v) is 14.6. The molecule has 0 unspecified atom stereocenters. The molecule has 15 heteroatoms. The van der Waals surface area contributed by atoms with Crippen LogP contribution in [0.4, 0.5) is 17.6 Å². The van der Waals surface area contributed by atoms with Crippen molar-refractivity contribution in [3.63, 3.8) is 0 Å². The first-order valence-electron chi connectivity index (χ1n) is 14.6. The summed E-state index contributed by atoms with van der Waals surface area (Å²) >= 11 is 0. The number of nitrogens with zero attached hydrogens (tertiary/aromatic N) is 5. The molecule has 3 aliphatic carbocycles. The number of hydrogen-bond acceptors (Lipinski definition) is 8. The van der Waals surface area contributed by atoms with E-state index in [2.05, 4.69) is 30.7 Å². The monoisotopic (exact) mass is 607 g/mol. The number of fused-ring (bicyclic) bond motifs is 1. The molecule has 3 aromatic heterocycles. The minimum atomic E-state index is -2.78. The molecule has 0 saturated heterocycles. The molecule has 3 aliphatic rings. The van der Waals surface area contributed by atoms with E-state index in [0.29, 0.717) is 16.9 Å². The molecule has 3 fully saturated rings. The summed E-state index contributed by atoms with van der Waals surface area (Å²) in [4.78, 5) is 30.6. The smallest absolute Gasteiger partial charge is 0.276 e. The van der Waals surface area contributed by atoms with Gasteiger partial charge in [-0.3, -0.25) is 9.59 Å². The number of carbonyl (C=O) groups is 2. The van der Waals surface area contributed by atoms with Crippen LogP contribution in [0.15, 0.2) is 23.1 Å². The van der Waals surface area contributed by atoms with Gasteiger partial charge in [0, 0.05) is 32.1 Å². The molecule has 3 atom stereocenters. The molecule has 0 radical (unpaired) electrons. The number of rotatable bonds is 10. The van der Waals surface area contributed by atoms with Crippen molar-refractivity contribution in [2.24, 2.45) is 17.8 Å². The van der Waals surface area contributed by atoms with Crippen LogP contribution in [0.3, 0.4) is 0 Å². The van der Waals surface area contributed by atoms with Crippen molar-refractivity contribution in [1.29, 1.82) is 0 Å². The summed E-state index contributed by atoms with van der Waals surface area (Å²) in [6, 6.07) is 0.658. The first-order chi connectivity index (χ1) is 20.4. The van der Waals surface area contributed by atoms with E-state index in [1.165, 1.54) is 11.4 Å². The van der Waals surface area contributed by atoms with Gasteiger partial charge in [-0.1, -0.05) is 5.16 Å². The molecule has 0 spiro atoms. The molecular formula is C28H33F4N7O4. The van der Waals surface area contributed by atoms with Crippen molar-refractivity contribution in [2.45, 2.75) is 94.7 Å². The Hall–Kier alpha value is -3.62. The topological polar surface area (TPSA) is 148 Å². The maximum absolute atomic E-state index is 14.0. The van der Waals surface area contributed by atoms with Gasteiger partial charge in [-0.25, -0.2) is 31.7 Å². The van der Waals surface area contributed by atoms with E-state index in [-0.39, 0.29) is 86.0 Å². The molecule has 11 nitrogen and oxygen atoms in total. The van der Waals surface area contributed by atoms with Gasteiger partial charge >= 0.3 is 0 Å². The predicted molar refractivity (Wildman–Crippen MR) is 141 cm³/mol. The van der Waals surface area contributed by atoms with Gasteiger partial charge in [0.1, 0.15) is 5.69 Å². The van der Waals surface area contributed by atoms with E-state index in [1.807, 2.05) is 0 Å². The lowest BCUT2D eigenvalue weighted by Gasteiger charge is -2.34. The highest BCUT2D eigenvalue weighted by molar-refractivity contribution is 5.93. The van der Waals surface area contributed by atoms with Gasteiger partial charge in [-0.2, -0.15) is 5.10 Å². The average molecular weight is 608 g/mol. The Balaban J connectivity index is 1.24. The molecule has 3 saturated carbocycles. The van der Waals surface area contributed by atoms with E-state index in [0.717, 1.165) is 12.8 Å². The van der Waals surface area contributed by atoms with Crippen molar-refractivity contribution in [2.75, 3.05) is 0 Å². The molecule has 0 aromatic carbocycles. The standard InChI is InChI=1S/C28H33F4N7O4/c1-14(40)22-25(38-43-37-22)26(42)36-24(17-4-6-27(29,30)7-5-17)19-13-39-20(34-19)9-18(12-33-39)23(16-2-3-16)35-21(41)8-15-10-28(31,32)11-15/h9,12-17,23-24,40H,2-8,10-11H2,1H3,(H,35,41)(H,36,42)/t14-,23-,24+/m1/s1. The molecular weight excluding hydrogens is 574 g/mol. The number of aliphatic hydroxyl groups is 1. The second kappa shape index (κ2) is 11.1. The van der Waals surface area contributed by atoms with Crippen molar-refractivity contribution in [1.82, 2.24) is 35.5 Å². The normalized spacial score (nSPS) is 22.5. The van der Waals surface area contributed by atoms with Crippen LogP contribution in [-0.2, 0) is 4.79 Å². The van der Waals surface area contributed by atoms with E-state index >= 15 is 0 Å². The molecule has 3 N–H and O–H groups in total. The molecule has 3 heterocycles. The zero-order valence-corrected chi connectivity index (χ0v) is 23.5. The fourth-order valence-corrected chi connectivity index (χ4v) is 6.22. The van der Waals surface area contributed by atoms with Crippen molar-refractivity contribution in [3.05, 3.63) is 41.1 Å².